The van der Waals surface area contributed by atoms with Gasteiger partial charge in [-0.25, -0.2) is 4.39 Å². The van der Waals surface area contributed by atoms with E-state index in [0.717, 1.165) is 18.7 Å². The Morgan fingerprint density at radius 3 is 2.76 bits per heavy atom. The summed E-state index contributed by atoms with van der Waals surface area (Å²) < 4.78 is 18.1. The second-order valence-electron chi connectivity index (χ2n) is 4.15. The molecule has 0 spiro atoms. The Morgan fingerprint density at radius 1 is 1.47 bits per heavy atom. The van der Waals surface area contributed by atoms with E-state index in [9.17, 15) is 9.50 Å². The number of aliphatic hydroxyl groups excluding tert-OH is 1. The van der Waals surface area contributed by atoms with E-state index in [0.29, 0.717) is 12.2 Å². The zero-order valence-corrected chi connectivity index (χ0v) is 10.6. The average Bonchev–Trinajstić information content (AvgIpc) is 2.29. The number of aliphatic hydroxyl groups is 1. The highest BCUT2D eigenvalue weighted by atomic mass is 19.1. The SMILES string of the molecule is COCCCN(C)c1ccc(F)cc1C(C)O. The number of benzene rings is 1. The van der Waals surface area contributed by atoms with Crippen LogP contribution in [0.2, 0.25) is 0 Å². The van der Waals surface area contributed by atoms with Gasteiger partial charge in [0.1, 0.15) is 5.82 Å². The molecule has 17 heavy (non-hydrogen) atoms. The van der Waals surface area contributed by atoms with Gasteiger partial charge in [0.15, 0.2) is 0 Å². The van der Waals surface area contributed by atoms with Gasteiger partial charge in [0.2, 0.25) is 0 Å². The monoisotopic (exact) mass is 241 g/mol. The van der Waals surface area contributed by atoms with E-state index < -0.39 is 6.10 Å². The van der Waals surface area contributed by atoms with E-state index in [1.165, 1.54) is 12.1 Å². The smallest absolute Gasteiger partial charge is 0.123 e. The first kappa shape index (κ1) is 13.9. The molecule has 96 valence electrons. The summed E-state index contributed by atoms with van der Waals surface area (Å²) in [5.41, 5.74) is 1.47. The molecule has 1 N–H and O–H groups in total. The highest BCUT2D eigenvalue weighted by molar-refractivity contribution is 5.54. The summed E-state index contributed by atoms with van der Waals surface area (Å²) in [7, 11) is 3.59. The van der Waals surface area contributed by atoms with Crippen LogP contribution < -0.4 is 4.90 Å². The molecule has 0 bridgehead atoms. The summed E-state index contributed by atoms with van der Waals surface area (Å²) in [6.45, 7) is 3.13. The lowest BCUT2D eigenvalue weighted by Crippen LogP contribution is -2.21. The van der Waals surface area contributed by atoms with Crippen molar-refractivity contribution in [3.63, 3.8) is 0 Å². The molecule has 4 heteroatoms. The summed E-state index contributed by atoms with van der Waals surface area (Å²) in [4.78, 5) is 2.00. The number of ether oxygens (including phenoxy) is 1. The van der Waals surface area contributed by atoms with Crippen LogP contribution in [0.3, 0.4) is 0 Å². The minimum absolute atomic E-state index is 0.324. The van der Waals surface area contributed by atoms with Crippen LogP contribution in [-0.2, 0) is 4.74 Å². The summed E-state index contributed by atoms with van der Waals surface area (Å²) in [5.74, 6) is -0.324. The largest absolute Gasteiger partial charge is 0.389 e. The first-order valence-electron chi connectivity index (χ1n) is 5.74. The lowest BCUT2D eigenvalue weighted by molar-refractivity contribution is 0.195. The number of hydrogen-bond acceptors (Lipinski definition) is 3. The van der Waals surface area contributed by atoms with E-state index in [1.54, 1.807) is 20.1 Å². The standard InChI is InChI=1S/C13H20FNO2/c1-10(16)12-9-11(14)5-6-13(12)15(2)7-4-8-17-3/h5-6,9-10,16H,4,7-8H2,1-3H3. The van der Waals surface area contributed by atoms with E-state index >= 15 is 0 Å². The Hall–Kier alpha value is -1.13. The van der Waals surface area contributed by atoms with Gasteiger partial charge in [-0.1, -0.05) is 0 Å². The van der Waals surface area contributed by atoms with Gasteiger partial charge in [-0.2, -0.15) is 0 Å². The van der Waals surface area contributed by atoms with E-state index in [-0.39, 0.29) is 5.82 Å². The maximum atomic E-state index is 13.1. The van der Waals surface area contributed by atoms with Gasteiger partial charge >= 0.3 is 0 Å². The van der Waals surface area contributed by atoms with Crippen molar-refractivity contribution in [2.45, 2.75) is 19.4 Å². The molecule has 0 amide bonds. The molecule has 0 saturated carbocycles. The molecule has 0 fully saturated rings. The molecule has 0 saturated heterocycles. The van der Waals surface area contributed by atoms with E-state index in [1.807, 2.05) is 11.9 Å². The van der Waals surface area contributed by atoms with Crippen molar-refractivity contribution in [2.75, 3.05) is 32.2 Å². The zero-order chi connectivity index (χ0) is 12.8. The summed E-state index contributed by atoms with van der Waals surface area (Å²) >= 11 is 0. The first-order chi connectivity index (χ1) is 8.06. The molecular formula is C13H20FNO2. The van der Waals surface area contributed by atoms with Gasteiger partial charge < -0.3 is 14.7 Å². The van der Waals surface area contributed by atoms with E-state index in [2.05, 4.69) is 0 Å². The molecule has 1 aromatic carbocycles. The molecule has 0 aliphatic heterocycles. The number of hydrogen-bond donors (Lipinski definition) is 1. The second-order valence-corrected chi connectivity index (χ2v) is 4.15. The third kappa shape index (κ3) is 3.98. The Balaban J connectivity index is 2.81. The Labute approximate surface area is 102 Å². The van der Waals surface area contributed by atoms with Crippen molar-refractivity contribution < 1.29 is 14.2 Å². The van der Waals surface area contributed by atoms with Crippen molar-refractivity contribution in [3.8, 4) is 0 Å². The van der Waals surface area contributed by atoms with Crippen LogP contribution >= 0.6 is 0 Å². The van der Waals surface area contributed by atoms with Crippen molar-refractivity contribution >= 4 is 5.69 Å². The zero-order valence-electron chi connectivity index (χ0n) is 10.6. The maximum Gasteiger partial charge on any atom is 0.123 e. The number of nitrogens with zero attached hydrogens (tertiary/aromatic N) is 1. The predicted octanol–water partition coefficient (Wildman–Crippen LogP) is 2.35. The van der Waals surface area contributed by atoms with Crippen molar-refractivity contribution in [3.05, 3.63) is 29.6 Å². The van der Waals surface area contributed by atoms with E-state index in [4.69, 9.17) is 4.74 Å². The summed E-state index contributed by atoms with van der Waals surface area (Å²) in [6.07, 6.45) is 0.217. The minimum Gasteiger partial charge on any atom is -0.389 e. The first-order valence-corrected chi connectivity index (χ1v) is 5.74. The molecule has 0 radical (unpaired) electrons. The van der Waals surface area contributed by atoms with Crippen LogP contribution in [-0.4, -0.2) is 32.4 Å². The Bertz CT molecular complexity index is 355. The lowest BCUT2D eigenvalue weighted by atomic mass is 10.1. The topological polar surface area (TPSA) is 32.7 Å². The average molecular weight is 241 g/mol. The summed E-state index contributed by atoms with van der Waals surface area (Å²) in [6, 6.07) is 4.49. The van der Waals surface area contributed by atoms with Crippen molar-refractivity contribution in [1.29, 1.82) is 0 Å². The molecule has 3 nitrogen and oxygen atoms in total. The van der Waals surface area contributed by atoms with Crippen LogP contribution in [0.1, 0.15) is 25.0 Å². The number of rotatable bonds is 6. The fourth-order valence-corrected chi connectivity index (χ4v) is 1.77. The molecule has 1 rings (SSSR count). The molecule has 0 aliphatic rings. The van der Waals surface area contributed by atoms with Crippen LogP contribution in [0.15, 0.2) is 18.2 Å². The summed E-state index contributed by atoms with van der Waals surface area (Å²) in [5, 5.41) is 9.63. The fourth-order valence-electron chi connectivity index (χ4n) is 1.77. The molecule has 0 aliphatic carbocycles. The van der Waals surface area contributed by atoms with Gasteiger partial charge in [-0.3, -0.25) is 0 Å². The van der Waals surface area contributed by atoms with Gasteiger partial charge in [0.25, 0.3) is 0 Å². The van der Waals surface area contributed by atoms with Crippen molar-refractivity contribution in [2.24, 2.45) is 0 Å². The Kier molecular flexibility index (Phi) is 5.38. The number of anilines is 1. The normalized spacial score (nSPS) is 12.5. The molecule has 1 unspecified atom stereocenters. The van der Waals surface area contributed by atoms with Gasteiger partial charge in [-0.05, 0) is 31.5 Å². The third-order valence-corrected chi connectivity index (χ3v) is 2.69. The Morgan fingerprint density at radius 2 is 2.18 bits per heavy atom. The van der Waals surface area contributed by atoms with Crippen LogP contribution in [0.5, 0.6) is 0 Å². The predicted molar refractivity (Wildman–Crippen MR) is 66.8 cm³/mol. The highest BCUT2D eigenvalue weighted by Gasteiger charge is 2.12. The molecule has 1 aromatic rings. The second kappa shape index (κ2) is 6.57. The maximum absolute atomic E-state index is 13.1. The van der Waals surface area contributed by atoms with Crippen LogP contribution in [0, 0.1) is 5.82 Å². The number of methoxy groups -OCH3 is 1. The lowest BCUT2D eigenvalue weighted by Gasteiger charge is -2.23. The van der Waals surface area contributed by atoms with Gasteiger partial charge in [0, 0.05) is 38.6 Å². The molecule has 0 heterocycles. The number of halogens is 1. The minimum atomic E-state index is -0.675. The van der Waals surface area contributed by atoms with Crippen LogP contribution in [0.25, 0.3) is 0 Å². The van der Waals surface area contributed by atoms with Gasteiger partial charge in [0.05, 0.1) is 6.10 Å². The third-order valence-electron chi connectivity index (χ3n) is 2.69. The van der Waals surface area contributed by atoms with Crippen molar-refractivity contribution in [1.82, 2.24) is 0 Å². The van der Waals surface area contributed by atoms with Gasteiger partial charge in [-0.15, -0.1) is 0 Å². The molecule has 0 aromatic heterocycles. The molecular weight excluding hydrogens is 221 g/mol. The highest BCUT2D eigenvalue weighted by Crippen LogP contribution is 2.26. The quantitative estimate of drug-likeness (QED) is 0.776. The molecule has 1 atom stereocenters. The fraction of sp³-hybridized carbons (Fsp3) is 0.538. The van der Waals surface area contributed by atoms with Crippen LogP contribution in [0.4, 0.5) is 10.1 Å².